The maximum absolute atomic E-state index is 7.50. The van der Waals surface area contributed by atoms with Crippen LogP contribution in [0.2, 0.25) is 0 Å². The zero-order valence-corrected chi connectivity index (χ0v) is 10.1. The van der Waals surface area contributed by atoms with E-state index < -0.39 is 0 Å². The molecule has 0 saturated heterocycles. The molecule has 0 amide bonds. The molecule has 0 atom stereocenters. The first kappa shape index (κ1) is 52.7. The van der Waals surface area contributed by atoms with Gasteiger partial charge in [-0.15, -0.1) is 0 Å². The largest absolute Gasteiger partial charge is 1.00 e. The molecule has 7 heteroatoms. The van der Waals surface area contributed by atoms with Gasteiger partial charge in [0.1, 0.15) is 0 Å². The van der Waals surface area contributed by atoms with Crippen molar-refractivity contribution in [3.63, 3.8) is 0 Å². The third-order valence-electron chi connectivity index (χ3n) is 0. The zero-order valence-electron chi connectivity index (χ0n) is 5.89. The van der Waals surface area contributed by atoms with Crippen LogP contribution in [0.15, 0.2) is 0 Å². The Kier molecular flexibility index (Phi) is 8380. The predicted molar refractivity (Wildman–Crippen MR) is 19.6 cm³/mol. The zero-order chi connectivity index (χ0) is 10.0. The first-order valence-electron chi connectivity index (χ1n) is 1.02. The minimum Gasteiger partial charge on any atom is 0 e. The molecule has 0 rings (SSSR count). The molecule has 58 valence electrons. The second kappa shape index (κ2) is 1910. The van der Waals surface area contributed by atoms with Crippen molar-refractivity contribution in [2.45, 2.75) is 0 Å². The van der Waals surface area contributed by atoms with E-state index in [-0.39, 0.29) is 68.5 Å². The summed E-state index contributed by atoms with van der Waals surface area (Å²) >= 11 is 0. The van der Waals surface area contributed by atoms with Crippen molar-refractivity contribution in [1.29, 1.82) is 0 Å². The van der Waals surface area contributed by atoms with Crippen LogP contribution in [0.5, 0.6) is 0 Å². The summed E-state index contributed by atoms with van der Waals surface area (Å²) in [7, 11) is 0. The van der Waals surface area contributed by atoms with Gasteiger partial charge in [0.25, 0.3) is 0 Å². The molecule has 0 heterocycles. The monoisotopic (exact) mass is 235 g/mol. The van der Waals surface area contributed by atoms with Crippen LogP contribution in [0.25, 0.3) is 0 Å². The summed E-state index contributed by atoms with van der Waals surface area (Å²) in [5, 5.41) is 0. The summed E-state index contributed by atoms with van der Waals surface area (Å²) in [6.07, 6.45) is 0. The van der Waals surface area contributed by atoms with Crippen molar-refractivity contribution in [3.8, 4) is 0 Å². The fourth-order valence-corrected chi connectivity index (χ4v) is 0. The second-order valence-electron chi connectivity index (χ2n) is 0. The standard InChI is InChI=1S/5CO.Fe.K/c5*1-2;;/q;;;;;;+1. The minimum atomic E-state index is 0. The molecule has 0 N–H and O–H groups in total. The molecule has 0 saturated carbocycles. The predicted octanol–water partition coefficient (Wildman–Crippen LogP) is -3.19. The Labute approximate surface area is 123 Å². The van der Waals surface area contributed by atoms with E-state index in [0.717, 1.165) is 0 Å². The van der Waals surface area contributed by atoms with Crippen LogP contribution in [0.4, 0.5) is 0 Å². The van der Waals surface area contributed by atoms with Gasteiger partial charge in [-0.1, -0.05) is 0 Å². The SMILES string of the molecule is [C-]#[O+].[C-]#[O+].[C-]#[O+].[C-]#[O+].[C-]#[O+].[Fe].[K+]. The summed E-state index contributed by atoms with van der Waals surface area (Å²) < 4.78 is 37.5. The van der Waals surface area contributed by atoms with Crippen LogP contribution < -0.4 is 51.4 Å². The van der Waals surface area contributed by atoms with E-state index in [1.807, 2.05) is 0 Å². The Morgan fingerprint density at radius 3 is 0.417 bits per heavy atom. The minimum absolute atomic E-state index is 0. The smallest absolute Gasteiger partial charge is 0 e. The van der Waals surface area contributed by atoms with Crippen LogP contribution in [0.1, 0.15) is 0 Å². The topological polar surface area (TPSA) is 99.5 Å². The van der Waals surface area contributed by atoms with Crippen LogP contribution in [0, 0.1) is 33.3 Å². The third-order valence-corrected chi connectivity index (χ3v) is 0. The van der Waals surface area contributed by atoms with Crippen molar-refractivity contribution < 1.29 is 91.7 Å². The van der Waals surface area contributed by atoms with E-state index in [0.29, 0.717) is 0 Å². The van der Waals surface area contributed by atoms with Gasteiger partial charge in [-0.2, -0.15) is 0 Å². The van der Waals surface area contributed by atoms with Gasteiger partial charge >= 0.3 is 108 Å². The molecule has 0 aromatic heterocycles. The average Bonchev–Trinajstić information content (AvgIpc) is 2.20. The van der Waals surface area contributed by atoms with E-state index in [9.17, 15) is 0 Å². The number of hydrogen-bond donors (Lipinski definition) is 0. The van der Waals surface area contributed by atoms with E-state index in [1.54, 1.807) is 0 Å². The van der Waals surface area contributed by atoms with Crippen LogP contribution in [-0.4, -0.2) is 0 Å². The van der Waals surface area contributed by atoms with Gasteiger partial charge in [0.05, 0.1) is 0 Å². The van der Waals surface area contributed by atoms with Crippen molar-refractivity contribution in [1.82, 2.24) is 0 Å². The van der Waals surface area contributed by atoms with Crippen LogP contribution in [-0.2, 0) is 40.3 Å². The molecule has 5 nitrogen and oxygen atoms in total. The molecular weight excluding hydrogens is 235 g/mol. The third kappa shape index (κ3) is 1440. The Morgan fingerprint density at radius 2 is 0.417 bits per heavy atom. The summed E-state index contributed by atoms with van der Waals surface area (Å²) in [5.41, 5.74) is 0. The van der Waals surface area contributed by atoms with Crippen LogP contribution >= 0.6 is 0 Å². The first-order chi connectivity index (χ1) is 5.00. The van der Waals surface area contributed by atoms with Gasteiger partial charge in [-0.05, 0) is 0 Å². The van der Waals surface area contributed by atoms with Crippen LogP contribution in [0.3, 0.4) is 0 Å². The molecule has 0 spiro atoms. The van der Waals surface area contributed by atoms with E-state index >= 15 is 0 Å². The normalized spacial score (nSPS) is 0.833. The summed E-state index contributed by atoms with van der Waals surface area (Å²) in [5.74, 6) is 0. The van der Waals surface area contributed by atoms with Crippen molar-refractivity contribution >= 4 is 0 Å². The second-order valence-corrected chi connectivity index (χ2v) is 0. The summed E-state index contributed by atoms with van der Waals surface area (Å²) in [4.78, 5) is 0. The molecular formula is C5FeKO5+. The van der Waals surface area contributed by atoms with Gasteiger partial charge < -0.3 is 0 Å². The Balaban J connectivity index is -0.00000000500. The first-order valence-corrected chi connectivity index (χ1v) is 1.02. The Morgan fingerprint density at radius 1 is 0.417 bits per heavy atom. The van der Waals surface area contributed by atoms with Crippen molar-refractivity contribution in [3.05, 3.63) is 33.3 Å². The van der Waals surface area contributed by atoms with Gasteiger partial charge in [0, 0.05) is 17.1 Å². The molecule has 0 aromatic rings. The van der Waals surface area contributed by atoms with Gasteiger partial charge in [-0.3, -0.25) is 0 Å². The number of hydrogen-bond acceptors (Lipinski definition) is 0. The molecule has 0 aromatic carbocycles. The molecule has 12 heavy (non-hydrogen) atoms. The van der Waals surface area contributed by atoms with Gasteiger partial charge in [-0.25, -0.2) is 0 Å². The van der Waals surface area contributed by atoms with E-state index in [1.165, 1.54) is 0 Å². The summed E-state index contributed by atoms with van der Waals surface area (Å²) in [6, 6.07) is 0. The van der Waals surface area contributed by atoms with Crippen molar-refractivity contribution in [2.24, 2.45) is 0 Å². The molecule has 0 aliphatic heterocycles. The fraction of sp³-hybridized carbons (Fsp3) is 0. The number of rotatable bonds is 0. The maximum atomic E-state index is 7.50. The average molecular weight is 235 g/mol. The summed E-state index contributed by atoms with van der Waals surface area (Å²) in [6.45, 7) is 22.5. The molecule has 0 bridgehead atoms. The molecule has 0 unspecified atom stereocenters. The molecule has 0 aliphatic carbocycles. The molecule has 0 fully saturated rings. The molecule has 0 aliphatic rings. The van der Waals surface area contributed by atoms with Gasteiger partial charge in [0.15, 0.2) is 0 Å². The fourth-order valence-electron chi connectivity index (χ4n) is 0. The van der Waals surface area contributed by atoms with Crippen molar-refractivity contribution in [2.75, 3.05) is 0 Å². The Bertz CT molecular complexity index is 78.4. The Hall–Kier alpha value is 0.856. The van der Waals surface area contributed by atoms with Gasteiger partial charge in [0.2, 0.25) is 0 Å². The maximum Gasteiger partial charge on any atom is 1.00 e. The molecule has 0 radical (unpaired) electrons. The quantitative estimate of drug-likeness (QED) is 0.240. The van der Waals surface area contributed by atoms with E-state index in [2.05, 4.69) is 33.3 Å². The van der Waals surface area contributed by atoms with E-state index in [4.69, 9.17) is 23.3 Å².